The van der Waals surface area contributed by atoms with Crippen molar-refractivity contribution in [1.29, 1.82) is 0 Å². The first-order valence-corrected chi connectivity index (χ1v) is 34.3. The van der Waals surface area contributed by atoms with Crippen LogP contribution >= 0.6 is 0 Å². The normalized spacial score (nSPS) is 19.5. The maximum absolute atomic E-state index is 13.0. The molecule has 4 fully saturated rings. The van der Waals surface area contributed by atoms with Gasteiger partial charge in [-0.25, -0.2) is 0 Å². The van der Waals surface area contributed by atoms with Crippen molar-refractivity contribution in [2.45, 2.75) is 144 Å². The Morgan fingerprint density at radius 1 is 0.365 bits per heavy atom. The van der Waals surface area contributed by atoms with Crippen LogP contribution in [-0.4, -0.2) is 165 Å². The maximum Gasteiger partial charge on any atom is 0.247 e. The number of hydrogen-bond donors (Lipinski definition) is 0. The van der Waals surface area contributed by atoms with Crippen molar-refractivity contribution in [2.75, 3.05) is 49.5 Å². The van der Waals surface area contributed by atoms with Gasteiger partial charge < -0.3 is 53.4 Å². The number of likely N-dealkylation sites (N-methyl/N-ethyl adjacent to an activating group) is 4. The summed E-state index contributed by atoms with van der Waals surface area (Å²) in [6, 6.07) is 60.0. The Morgan fingerprint density at radius 2 is 0.644 bits per heavy atom. The molecule has 8 amide bonds. The van der Waals surface area contributed by atoms with E-state index in [1.54, 1.807) is 101 Å². The SMILES string of the molecule is C.C.CC(=O)N1C(Cc2cccnc2)C(=O)N(C)C1c1ccc(C)cc1.CCCC(=O)N1C(Cc2ccc(OC)cc2)C(=O)N(C)C1c1ccccc1.COc1ccc(CC2C(=O)N(C)C(c3ccc(C)cc3)N2C(C)=O)cc1.COc1ccc(CC2C(=O)N(C)C(c3ccccc3)N2C(C)=O)cc1. The lowest BCUT2D eigenvalue weighted by molar-refractivity contribution is -0.136. The Morgan fingerprint density at radius 3 is 0.913 bits per heavy atom. The molecule has 7 aromatic carbocycles. The Labute approximate surface area is 613 Å². The summed E-state index contributed by atoms with van der Waals surface area (Å²) in [7, 11) is 11.9. The lowest BCUT2D eigenvalue weighted by Gasteiger charge is -2.30. The second kappa shape index (κ2) is 36.6. The monoisotopic (exact) mass is 1410 g/mol. The number of hydrogen-bond acceptors (Lipinski definition) is 12. The lowest BCUT2D eigenvalue weighted by Crippen LogP contribution is -2.40. The Bertz CT molecular complexity index is 4170. The van der Waals surface area contributed by atoms with E-state index in [0.29, 0.717) is 32.1 Å². The van der Waals surface area contributed by atoms with Gasteiger partial charge in [0, 0.05) is 93.5 Å². The van der Waals surface area contributed by atoms with Crippen molar-refractivity contribution in [3.8, 4) is 17.2 Å². The highest BCUT2D eigenvalue weighted by atomic mass is 16.5. The summed E-state index contributed by atoms with van der Waals surface area (Å²) in [5, 5.41) is 0. The molecule has 0 radical (unpaired) electrons. The second-order valence-corrected chi connectivity index (χ2v) is 26.0. The molecule has 4 aliphatic rings. The van der Waals surface area contributed by atoms with Crippen LogP contribution in [0.15, 0.2) is 207 Å². The van der Waals surface area contributed by atoms with Crippen molar-refractivity contribution in [1.82, 2.24) is 44.2 Å². The van der Waals surface area contributed by atoms with E-state index in [0.717, 1.165) is 79.3 Å². The summed E-state index contributed by atoms with van der Waals surface area (Å²) < 4.78 is 15.6. The first-order chi connectivity index (χ1) is 49.0. The fourth-order valence-electron chi connectivity index (χ4n) is 13.9. The first kappa shape index (κ1) is 80.2. The lowest BCUT2D eigenvalue weighted by atomic mass is 10.0. The summed E-state index contributed by atoms with van der Waals surface area (Å²) in [6.45, 7) is 10.6. The fraction of sp³-hybridized carbons (Fsp3) is 0.345. The molecular weight excluding hydrogens is 1310 g/mol. The minimum absolute atomic E-state index is 0. The molecule has 104 heavy (non-hydrogen) atoms. The van der Waals surface area contributed by atoms with Gasteiger partial charge >= 0.3 is 0 Å². The summed E-state index contributed by atoms with van der Waals surface area (Å²) in [5.74, 6) is 1.86. The Kier molecular flexibility index (Phi) is 28.2. The predicted molar refractivity (Wildman–Crippen MR) is 403 cm³/mol. The largest absolute Gasteiger partial charge is 0.497 e. The van der Waals surface area contributed by atoms with Crippen LogP contribution in [0.3, 0.4) is 0 Å². The number of nitrogens with zero attached hydrogens (tertiary/aromatic N) is 9. The predicted octanol–water partition coefficient (Wildman–Crippen LogP) is 12.6. The topological polar surface area (TPSA) is 203 Å². The van der Waals surface area contributed by atoms with E-state index >= 15 is 0 Å². The maximum atomic E-state index is 13.0. The quantitative estimate of drug-likeness (QED) is 0.0835. The molecule has 0 N–H and O–H groups in total. The summed E-state index contributed by atoms with van der Waals surface area (Å²) >= 11 is 0. The molecule has 12 rings (SSSR count). The Balaban J connectivity index is 0.000000193. The molecule has 8 atom stereocenters. The molecule has 4 saturated heterocycles. The molecule has 548 valence electrons. The van der Waals surface area contributed by atoms with E-state index in [4.69, 9.17) is 14.2 Å². The van der Waals surface area contributed by atoms with Crippen LogP contribution in [0.1, 0.15) is 136 Å². The van der Waals surface area contributed by atoms with E-state index in [9.17, 15) is 38.4 Å². The van der Waals surface area contributed by atoms with Gasteiger partial charge in [-0.3, -0.25) is 43.3 Å². The van der Waals surface area contributed by atoms with Gasteiger partial charge in [0.1, 0.15) is 66.1 Å². The van der Waals surface area contributed by atoms with Crippen molar-refractivity contribution in [3.05, 3.63) is 262 Å². The first-order valence-electron chi connectivity index (χ1n) is 34.3. The zero-order chi connectivity index (χ0) is 73.5. The number of aromatic nitrogens is 1. The van der Waals surface area contributed by atoms with Gasteiger partial charge in [-0.05, 0) is 107 Å². The van der Waals surface area contributed by atoms with Gasteiger partial charge in [0.25, 0.3) is 0 Å². The van der Waals surface area contributed by atoms with Crippen LogP contribution < -0.4 is 14.2 Å². The third-order valence-corrected chi connectivity index (χ3v) is 19.1. The third-order valence-electron chi connectivity index (χ3n) is 19.1. The van der Waals surface area contributed by atoms with Crippen molar-refractivity contribution < 1.29 is 52.6 Å². The van der Waals surface area contributed by atoms with Gasteiger partial charge in [-0.2, -0.15) is 0 Å². The number of carbonyl (C=O) groups excluding carboxylic acids is 8. The van der Waals surface area contributed by atoms with Crippen LogP contribution in [0.25, 0.3) is 0 Å². The number of rotatable bonds is 17. The fourth-order valence-corrected chi connectivity index (χ4v) is 13.9. The summed E-state index contributed by atoms with van der Waals surface area (Å²) in [4.78, 5) is 119. The van der Waals surface area contributed by atoms with Crippen LogP contribution in [0.5, 0.6) is 17.2 Å². The van der Waals surface area contributed by atoms with Crippen molar-refractivity contribution >= 4 is 47.3 Å². The molecule has 0 bridgehead atoms. The molecule has 4 aliphatic heterocycles. The molecule has 8 unspecified atom stereocenters. The van der Waals surface area contributed by atoms with Gasteiger partial charge in [-0.1, -0.05) is 185 Å². The number of methoxy groups -OCH3 is 3. The average Bonchev–Trinajstić information content (AvgIpc) is 1.64. The molecule has 20 heteroatoms. The molecular formula is C84H101N9O11. The average molecular weight is 1410 g/mol. The highest BCUT2D eigenvalue weighted by Gasteiger charge is 2.50. The highest BCUT2D eigenvalue weighted by molar-refractivity contribution is 5.94. The van der Waals surface area contributed by atoms with E-state index in [2.05, 4.69) is 4.98 Å². The van der Waals surface area contributed by atoms with Crippen LogP contribution in [0, 0.1) is 13.8 Å². The molecule has 0 aliphatic carbocycles. The van der Waals surface area contributed by atoms with Gasteiger partial charge in [-0.15, -0.1) is 0 Å². The summed E-state index contributed by atoms with van der Waals surface area (Å²) in [6.07, 6.45) is 5.09. The zero-order valence-electron chi connectivity index (χ0n) is 60.5. The molecule has 20 nitrogen and oxygen atoms in total. The third kappa shape index (κ3) is 18.4. The Hall–Kier alpha value is -11.2. The number of aryl methyl sites for hydroxylation is 2. The van der Waals surface area contributed by atoms with Crippen molar-refractivity contribution in [3.63, 3.8) is 0 Å². The van der Waals surface area contributed by atoms with Gasteiger partial charge in [0.05, 0.1) is 21.3 Å². The van der Waals surface area contributed by atoms with Crippen LogP contribution in [0.2, 0.25) is 0 Å². The number of carbonyl (C=O) groups is 8. The molecule has 0 spiro atoms. The smallest absolute Gasteiger partial charge is 0.247 e. The van der Waals surface area contributed by atoms with Crippen LogP contribution in [-0.2, 0) is 64.0 Å². The standard InChI is InChI=1S/C22H26N2O3.C21H24N2O3.C20H22N2O3.C19H21N3O2.2CH4/c1-4-8-20(25)24-19(15-16-11-13-18(27-3)14-12-16)22(26)23(2)21(24)17-9-6-5-7-10-17;1-14-5-9-17(10-6-14)20-22(3)21(25)19(23(20)15(2)24)13-16-7-11-18(26-4)12-8-16;1-14(23)22-18(13-15-9-11-17(25-3)12-10-15)20(24)21(2)19(22)16-7-5-4-6-8-16;1-13-6-8-16(9-7-13)18-21(3)19(24)17(22(18)14(2)23)11-15-5-4-10-20-12-15;;/h5-7,9-14,19,21H,4,8,15H2,1-3H3;5-12,19-20H,13H2,1-4H3;4-12,18-19H,13H2,1-3H3;4-10,12,17-18H,11H2,1-3H3;2*1H4. The van der Waals surface area contributed by atoms with E-state index < -0.39 is 24.2 Å². The molecule has 1 aromatic heterocycles. The number of amides is 8. The van der Waals surface area contributed by atoms with Crippen LogP contribution in [0.4, 0.5) is 0 Å². The number of benzene rings is 7. The summed E-state index contributed by atoms with van der Waals surface area (Å²) in [5.41, 5.74) is 10.0. The highest BCUT2D eigenvalue weighted by Crippen LogP contribution is 2.40. The minimum atomic E-state index is -0.503. The molecule has 0 saturated carbocycles. The van der Waals surface area contributed by atoms with E-state index in [1.165, 1.54) is 20.8 Å². The zero-order valence-corrected chi connectivity index (χ0v) is 60.5. The molecule has 8 aromatic rings. The van der Waals surface area contributed by atoms with Gasteiger partial charge in [0.2, 0.25) is 47.3 Å². The minimum Gasteiger partial charge on any atom is -0.497 e. The van der Waals surface area contributed by atoms with Crippen molar-refractivity contribution in [2.24, 2.45) is 0 Å². The number of pyridine rings is 1. The number of ether oxygens (including phenoxy) is 3. The second-order valence-electron chi connectivity index (χ2n) is 26.0. The van der Waals surface area contributed by atoms with E-state index in [-0.39, 0.29) is 86.8 Å². The van der Waals surface area contributed by atoms with Gasteiger partial charge in [0.15, 0.2) is 0 Å². The molecule has 5 heterocycles. The van der Waals surface area contributed by atoms with E-state index in [1.807, 2.05) is 215 Å².